The molecule has 0 radical (unpaired) electrons. The van der Waals surface area contributed by atoms with E-state index in [0.29, 0.717) is 0 Å². The summed E-state index contributed by atoms with van der Waals surface area (Å²) in [6, 6.07) is 26.6. The van der Waals surface area contributed by atoms with Crippen LogP contribution in [0.2, 0.25) is 0 Å². The van der Waals surface area contributed by atoms with Crippen LogP contribution in [0.5, 0.6) is 0 Å². The molecule has 0 aliphatic carbocycles. The van der Waals surface area contributed by atoms with Gasteiger partial charge in [0.2, 0.25) is 0 Å². The summed E-state index contributed by atoms with van der Waals surface area (Å²) in [5.74, 6) is 0. The van der Waals surface area contributed by atoms with E-state index < -0.39 is 0 Å². The van der Waals surface area contributed by atoms with Gasteiger partial charge in [0.05, 0.1) is 5.52 Å². The molecular weight excluding hydrogens is 416 g/mol. The molecular formula is C27H14N2S2. The number of hydrogen-bond acceptors (Lipinski definition) is 3. The molecule has 0 spiro atoms. The lowest BCUT2D eigenvalue weighted by Gasteiger charge is -2.10. The maximum Gasteiger partial charge on any atom is 0.145 e. The molecule has 4 heterocycles. The van der Waals surface area contributed by atoms with Crippen molar-refractivity contribution in [3.05, 3.63) is 85.2 Å². The first-order valence-corrected chi connectivity index (χ1v) is 11.9. The molecule has 8 aromatic rings. The van der Waals surface area contributed by atoms with Crippen LogP contribution in [0.3, 0.4) is 0 Å². The lowest BCUT2D eigenvalue weighted by atomic mass is 10.00. The second-order valence-electron chi connectivity index (χ2n) is 8.01. The number of rotatable bonds is 0. The average molecular weight is 431 g/mol. The van der Waals surface area contributed by atoms with E-state index in [4.69, 9.17) is 0 Å². The molecule has 2 nitrogen and oxygen atoms in total. The Labute approximate surface area is 184 Å². The number of imidazole rings is 1. The highest BCUT2D eigenvalue weighted by molar-refractivity contribution is 7.30. The van der Waals surface area contributed by atoms with Crippen LogP contribution < -0.4 is 0 Å². The molecule has 8 rings (SSSR count). The van der Waals surface area contributed by atoms with Gasteiger partial charge in [0.1, 0.15) is 5.65 Å². The summed E-state index contributed by atoms with van der Waals surface area (Å²) in [6.07, 6.45) is 3.99. The summed E-state index contributed by atoms with van der Waals surface area (Å²) in [7, 11) is 0. The van der Waals surface area contributed by atoms with Gasteiger partial charge < -0.3 is 0 Å². The van der Waals surface area contributed by atoms with Gasteiger partial charge in [0.15, 0.2) is 0 Å². The number of pyridine rings is 1. The first kappa shape index (κ1) is 16.3. The van der Waals surface area contributed by atoms with Gasteiger partial charge in [-0.1, -0.05) is 48.5 Å². The van der Waals surface area contributed by atoms with Crippen molar-refractivity contribution in [2.75, 3.05) is 0 Å². The summed E-state index contributed by atoms with van der Waals surface area (Å²) in [4.78, 5) is 4.67. The third-order valence-corrected chi connectivity index (χ3v) is 8.79. The van der Waals surface area contributed by atoms with Crippen LogP contribution >= 0.6 is 22.7 Å². The molecule has 0 saturated carbocycles. The Morgan fingerprint density at radius 1 is 0.581 bits per heavy atom. The van der Waals surface area contributed by atoms with Gasteiger partial charge in [-0.15, -0.1) is 22.7 Å². The number of hydrogen-bond donors (Lipinski definition) is 0. The van der Waals surface area contributed by atoms with Gasteiger partial charge in [-0.2, -0.15) is 0 Å². The summed E-state index contributed by atoms with van der Waals surface area (Å²) in [5, 5.41) is 9.30. The van der Waals surface area contributed by atoms with Crippen molar-refractivity contribution >= 4 is 90.3 Å². The minimum Gasteiger partial charge on any atom is -0.299 e. The van der Waals surface area contributed by atoms with E-state index in [1.165, 1.54) is 62.0 Å². The van der Waals surface area contributed by atoms with Gasteiger partial charge in [0.25, 0.3) is 0 Å². The van der Waals surface area contributed by atoms with Gasteiger partial charge in [0, 0.05) is 63.5 Å². The Balaban J connectivity index is 1.75. The van der Waals surface area contributed by atoms with E-state index in [1.54, 1.807) is 0 Å². The molecule has 4 heteroatoms. The first-order valence-electron chi connectivity index (χ1n) is 10.3. The normalized spacial score (nSPS) is 12.5. The maximum atomic E-state index is 4.67. The van der Waals surface area contributed by atoms with Crippen molar-refractivity contribution in [1.82, 2.24) is 9.38 Å². The second kappa shape index (κ2) is 5.61. The van der Waals surface area contributed by atoms with Crippen LogP contribution in [-0.4, -0.2) is 9.38 Å². The SMILES string of the molecule is c1ccc2c(c1)sc1c2ccc2sc3ccc4c(c5ccccc5c5nccn45)c3c21. The number of thiophene rings is 2. The molecule has 0 saturated heterocycles. The number of benzene rings is 4. The highest BCUT2D eigenvalue weighted by Gasteiger charge is 2.18. The molecule has 0 aliphatic rings. The van der Waals surface area contributed by atoms with E-state index >= 15 is 0 Å². The molecule has 0 bridgehead atoms. The van der Waals surface area contributed by atoms with E-state index in [2.05, 4.69) is 88.4 Å². The van der Waals surface area contributed by atoms with Crippen LogP contribution in [0, 0.1) is 0 Å². The molecule has 0 N–H and O–H groups in total. The monoisotopic (exact) mass is 430 g/mol. The zero-order chi connectivity index (χ0) is 20.1. The van der Waals surface area contributed by atoms with E-state index in [0.717, 1.165) is 5.65 Å². The number of fused-ring (bicyclic) bond motifs is 14. The fourth-order valence-corrected chi connectivity index (χ4v) is 7.63. The summed E-state index contributed by atoms with van der Waals surface area (Å²) in [5.41, 5.74) is 2.24. The molecule has 31 heavy (non-hydrogen) atoms. The number of nitrogens with zero attached hydrogens (tertiary/aromatic N) is 2. The van der Waals surface area contributed by atoms with Crippen molar-refractivity contribution in [3.63, 3.8) is 0 Å². The molecule has 0 aliphatic heterocycles. The zero-order valence-electron chi connectivity index (χ0n) is 16.3. The number of aromatic nitrogens is 2. The topological polar surface area (TPSA) is 17.3 Å². The Morgan fingerprint density at radius 2 is 1.35 bits per heavy atom. The zero-order valence-corrected chi connectivity index (χ0v) is 17.9. The average Bonchev–Trinajstić information content (AvgIpc) is 3.53. The van der Waals surface area contributed by atoms with Crippen molar-refractivity contribution in [2.24, 2.45) is 0 Å². The smallest absolute Gasteiger partial charge is 0.145 e. The maximum absolute atomic E-state index is 4.67. The van der Waals surface area contributed by atoms with Crippen LogP contribution in [0.4, 0.5) is 0 Å². The van der Waals surface area contributed by atoms with Gasteiger partial charge >= 0.3 is 0 Å². The summed E-state index contributed by atoms with van der Waals surface area (Å²) in [6.45, 7) is 0. The molecule has 0 atom stereocenters. The fraction of sp³-hybridized carbons (Fsp3) is 0. The van der Waals surface area contributed by atoms with Crippen LogP contribution in [0.1, 0.15) is 0 Å². The van der Waals surface area contributed by atoms with E-state index in [-0.39, 0.29) is 0 Å². The van der Waals surface area contributed by atoms with Crippen molar-refractivity contribution in [2.45, 2.75) is 0 Å². The standard InChI is InChI=1S/C27H14N2S2/c1-2-7-18-16(6-1)23-19(29-14-13-28-27(18)29)10-12-21-24(23)25-22(30-21)11-9-17-15-5-3-4-8-20(15)31-26(17)25/h1-14H. The van der Waals surface area contributed by atoms with Gasteiger partial charge in [-0.25, -0.2) is 4.98 Å². The van der Waals surface area contributed by atoms with Crippen molar-refractivity contribution in [3.8, 4) is 0 Å². The lowest BCUT2D eigenvalue weighted by molar-refractivity contribution is 1.27. The molecule has 4 aromatic heterocycles. The third-order valence-electron chi connectivity index (χ3n) is 6.46. The second-order valence-corrected chi connectivity index (χ2v) is 10.2. The minimum absolute atomic E-state index is 1.02. The Hall–Kier alpha value is -3.47. The lowest BCUT2D eigenvalue weighted by Crippen LogP contribution is -1.90. The van der Waals surface area contributed by atoms with Crippen LogP contribution in [0.25, 0.3) is 67.7 Å². The Kier molecular flexibility index (Phi) is 2.94. The molecule has 0 unspecified atom stereocenters. The minimum atomic E-state index is 1.02. The van der Waals surface area contributed by atoms with E-state index in [1.807, 2.05) is 28.9 Å². The van der Waals surface area contributed by atoms with Gasteiger partial charge in [-0.3, -0.25) is 4.40 Å². The van der Waals surface area contributed by atoms with Crippen LogP contribution in [-0.2, 0) is 0 Å². The summed E-state index contributed by atoms with van der Waals surface area (Å²) >= 11 is 3.82. The quantitative estimate of drug-likeness (QED) is 0.221. The van der Waals surface area contributed by atoms with Gasteiger partial charge in [-0.05, 0) is 29.7 Å². The third kappa shape index (κ3) is 1.95. The first-order chi connectivity index (χ1) is 15.4. The predicted octanol–water partition coefficient (Wildman–Crippen LogP) is 8.38. The Bertz CT molecular complexity index is 2000. The molecule has 0 amide bonds. The van der Waals surface area contributed by atoms with Crippen LogP contribution in [0.15, 0.2) is 85.2 Å². The van der Waals surface area contributed by atoms with E-state index in [9.17, 15) is 0 Å². The molecule has 144 valence electrons. The van der Waals surface area contributed by atoms with Crippen molar-refractivity contribution < 1.29 is 0 Å². The molecule has 4 aromatic carbocycles. The summed E-state index contributed by atoms with van der Waals surface area (Å²) < 4.78 is 7.69. The fourth-order valence-electron chi connectivity index (χ4n) is 5.18. The largest absolute Gasteiger partial charge is 0.299 e. The highest BCUT2D eigenvalue weighted by Crippen LogP contribution is 2.47. The predicted molar refractivity (Wildman–Crippen MR) is 136 cm³/mol. The highest BCUT2D eigenvalue weighted by atomic mass is 32.1. The molecule has 0 fully saturated rings. The van der Waals surface area contributed by atoms with Crippen molar-refractivity contribution in [1.29, 1.82) is 0 Å². The Morgan fingerprint density at radius 3 is 2.29 bits per heavy atom.